The first-order valence-electron chi connectivity index (χ1n) is 10.5. The topological polar surface area (TPSA) is 78.3 Å². The molecule has 1 atom stereocenters. The second kappa shape index (κ2) is 9.47. The van der Waals surface area contributed by atoms with Gasteiger partial charge in [-0.3, -0.25) is 4.79 Å². The molecule has 7 nitrogen and oxygen atoms in total. The Balaban J connectivity index is 1.35. The van der Waals surface area contributed by atoms with Crippen LogP contribution in [-0.4, -0.2) is 33.6 Å². The Morgan fingerprint density at radius 2 is 2.16 bits per heavy atom. The van der Waals surface area contributed by atoms with Crippen LogP contribution in [0, 0.1) is 0 Å². The summed E-state index contributed by atoms with van der Waals surface area (Å²) in [4.78, 5) is 12.3. The van der Waals surface area contributed by atoms with Crippen LogP contribution in [0.4, 0.5) is 0 Å². The Labute approximate surface area is 181 Å². The summed E-state index contributed by atoms with van der Waals surface area (Å²) in [5, 5.41) is 11.1. The fourth-order valence-corrected chi connectivity index (χ4v) is 3.55. The number of hydrogen-bond acceptors (Lipinski definition) is 5. The van der Waals surface area contributed by atoms with E-state index in [1.165, 1.54) is 6.08 Å². The molecule has 0 saturated heterocycles. The fourth-order valence-electron chi connectivity index (χ4n) is 3.55. The minimum absolute atomic E-state index is 0.160. The lowest BCUT2D eigenvalue weighted by atomic mass is 10.1. The number of benzene rings is 2. The van der Waals surface area contributed by atoms with E-state index in [1.807, 2.05) is 62.5 Å². The number of aromatic nitrogens is 3. The molecule has 0 fully saturated rings. The molecule has 1 amide bonds. The van der Waals surface area contributed by atoms with E-state index in [9.17, 15) is 4.79 Å². The first-order valence-corrected chi connectivity index (χ1v) is 10.5. The molecule has 0 saturated carbocycles. The highest BCUT2D eigenvalue weighted by Crippen LogP contribution is 2.35. The first kappa shape index (κ1) is 20.7. The Morgan fingerprint density at radius 1 is 1.32 bits per heavy atom. The van der Waals surface area contributed by atoms with Crippen LogP contribution in [0.25, 0.3) is 6.08 Å². The highest BCUT2D eigenvalue weighted by atomic mass is 16.5. The lowest BCUT2D eigenvalue weighted by Crippen LogP contribution is -2.20. The lowest BCUT2D eigenvalue weighted by Gasteiger charge is -2.12. The monoisotopic (exact) mass is 418 g/mol. The number of nitrogens with zero attached hydrogens (tertiary/aromatic N) is 3. The van der Waals surface area contributed by atoms with Gasteiger partial charge in [-0.15, -0.1) is 5.10 Å². The number of rotatable bonds is 8. The largest absolute Gasteiger partial charge is 0.494 e. The van der Waals surface area contributed by atoms with E-state index < -0.39 is 0 Å². The van der Waals surface area contributed by atoms with Crippen LogP contribution in [0.15, 0.2) is 54.7 Å². The van der Waals surface area contributed by atoms with Gasteiger partial charge in [0.05, 0.1) is 19.3 Å². The van der Waals surface area contributed by atoms with E-state index in [2.05, 4.69) is 15.6 Å². The van der Waals surface area contributed by atoms with Gasteiger partial charge in [-0.05, 0) is 37.6 Å². The normalized spacial score (nSPS) is 15.0. The van der Waals surface area contributed by atoms with Crippen molar-refractivity contribution in [2.24, 2.45) is 0 Å². The van der Waals surface area contributed by atoms with Crippen molar-refractivity contribution in [1.82, 2.24) is 20.3 Å². The zero-order valence-corrected chi connectivity index (χ0v) is 17.7. The van der Waals surface area contributed by atoms with Crippen LogP contribution in [0.2, 0.25) is 0 Å². The van der Waals surface area contributed by atoms with Gasteiger partial charge in [0, 0.05) is 30.2 Å². The highest BCUT2D eigenvalue weighted by Gasteiger charge is 2.21. The summed E-state index contributed by atoms with van der Waals surface area (Å²) >= 11 is 0. The van der Waals surface area contributed by atoms with Gasteiger partial charge in [-0.2, -0.15) is 0 Å². The molecule has 31 heavy (non-hydrogen) atoms. The van der Waals surface area contributed by atoms with Gasteiger partial charge in [0.25, 0.3) is 0 Å². The van der Waals surface area contributed by atoms with Gasteiger partial charge >= 0.3 is 0 Å². The molecule has 2 aromatic carbocycles. The minimum atomic E-state index is -0.213. The van der Waals surface area contributed by atoms with Crippen LogP contribution < -0.4 is 14.8 Å². The summed E-state index contributed by atoms with van der Waals surface area (Å²) in [6.45, 7) is 5.54. The molecule has 0 aliphatic carbocycles. The van der Waals surface area contributed by atoms with Gasteiger partial charge < -0.3 is 14.8 Å². The predicted molar refractivity (Wildman–Crippen MR) is 118 cm³/mol. The molecule has 0 bridgehead atoms. The second-order valence-electron chi connectivity index (χ2n) is 7.51. The maximum absolute atomic E-state index is 12.3. The zero-order valence-electron chi connectivity index (χ0n) is 17.7. The number of nitrogens with one attached hydrogen (secondary N) is 1. The van der Waals surface area contributed by atoms with Crippen LogP contribution >= 0.6 is 0 Å². The van der Waals surface area contributed by atoms with E-state index in [0.29, 0.717) is 25.4 Å². The summed E-state index contributed by atoms with van der Waals surface area (Å²) < 4.78 is 13.3. The summed E-state index contributed by atoms with van der Waals surface area (Å²) in [6.07, 6.45) is 5.95. The molecule has 3 aromatic rings. The van der Waals surface area contributed by atoms with E-state index in [0.717, 1.165) is 34.6 Å². The number of hydrogen-bond donors (Lipinski definition) is 1. The van der Waals surface area contributed by atoms with E-state index >= 15 is 0 Å². The molecule has 1 aromatic heterocycles. The number of ether oxygens (including phenoxy) is 2. The molecule has 1 aliphatic heterocycles. The molecule has 1 N–H and O–H groups in total. The van der Waals surface area contributed by atoms with Crippen molar-refractivity contribution in [3.05, 3.63) is 77.1 Å². The molecule has 2 heterocycles. The summed E-state index contributed by atoms with van der Waals surface area (Å²) in [5.41, 5.74) is 3.80. The first-order chi connectivity index (χ1) is 15.1. The van der Waals surface area contributed by atoms with Crippen molar-refractivity contribution in [3.63, 3.8) is 0 Å². The van der Waals surface area contributed by atoms with Gasteiger partial charge in [-0.25, -0.2) is 4.68 Å². The van der Waals surface area contributed by atoms with Gasteiger partial charge in [0.1, 0.15) is 23.3 Å². The lowest BCUT2D eigenvalue weighted by molar-refractivity contribution is -0.116. The van der Waals surface area contributed by atoms with Crippen molar-refractivity contribution in [2.75, 3.05) is 6.61 Å². The Morgan fingerprint density at radius 3 is 2.97 bits per heavy atom. The van der Waals surface area contributed by atoms with Gasteiger partial charge in [0.15, 0.2) is 0 Å². The Kier molecular flexibility index (Phi) is 6.31. The Hall–Kier alpha value is -3.61. The van der Waals surface area contributed by atoms with Crippen LogP contribution in [0.5, 0.6) is 11.5 Å². The minimum Gasteiger partial charge on any atom is -0.494 e. The molecule has 4 rings (SSSR count). The van der Waals surface area contributed by atoms with Crippen LogP contribution in [0.3, 0.4) is 0 Å². The number of carbonyl (C=O) groups excluding carboxylic acids is 1. The molecular weight excluding hydrogens is 392 g/mol. The SMILES string of the molecule is CCOc1cc2c(cc1CNC(=O)/C=C/c1cn(Cc3ccccc3)nn1)O[C@@H](C)C2. The molecule has 7 heteroatoms. The van der Waals surface area contributed by atoms with Crippen molar-refractivity contribution in [3.8, 4) is 11.5 Å². The van der Waals surface area contributed by atoms with E-state index in [-0.39, 0.29) is 12.0 Å². The average Bonchev–Trinajstić information content (AvgIpc) is 3.36. The third-order valence-corrected chi connectivity index (χ3v) is 4.98. The quantitative estimate of drug-likeness (QED) is 0.568. The smallest absolute Gasteiger partial charge is 0.244 e. The van der Waals surface area contributed by atoms with Crippen molar-refractivity contribution >= 4 is 12.0 Å². The fraction of sp³-hybridized carbons (Fsp3) is 0.292. The molecular formula is C24H26N4O3. The third-order valence-electron chi connectivity index (χ3n) is 4.98. The van der Waals surface area contributed by atoms with Crippen molar-refractivity contribution in [2.45, 2.75) is 39.5 Å². The molecule has 0 unspecified atom stereocenters. The van der Waals surface area contributed by atoms with Gasteiger partial charge in [-0.1, -0.05) is 35.5 Å². The maximum atomic E-state index is 12.3. The molecule has 1 aliphatic rings. The van der Waals surface area contributed by atoms with Crippen LogP contribution in [0.1, 0.15) is 36.2 Å². The van der Waals surface area contributed by atoms with E-state index in [1.54, 1.807) is 10.8 Å². The molecule has 0 spiro atoms. The average molecular weight is 418 g/mol. The summed E-state index contributed by atoms with van der Waals surface area (Å²) in [7, 11) is 0. The second-order valence-corrected chi connectivity index (χ2v) is 7.51. The predicted octanol–water partition coefficient (Wildman–Crippen LogP) is 3.38. The molecule has 160 valence electrons. The van der Waals surface area contributed by atoms with Crippen LogP contribution in [-0.2, 0) is 24.3 Å². The van der Waals surface area contributed by atoms with Crippen molar-refractivity contribution < 1.29 is 14.3 Å². The number of amides is 1. The standard InChI is InChI=1S/C24H26N4O3/c1-3-30-22-12-19-11-17(2)31-23(19)13-20(22)14-25-24(29)10-9-21-16-28(27-26-21)15-18-7-5-4-6-8-18/h4-10,12-13,16-17H,3,11,14-15H2,1-2H3,(H,25,29)/b10-9+/t17-/m0/s1. The summed E-state index contributed by atoms with van der Waals surface area (Å²) in [6, 6.07) is 14.0. The zero-order chi connectivity index (χ0) is 21.6. The summed E-state index contributed by atoms with van der Waals surface area (Å²) in [5.74, 6) is 1.44. The Bertz CT molecular complexity index is 1080. The number of fused-ring (bicyclic) bond motifs is 1. The van der Waals surface area contributed by atoms with Gasteiger partial charge in [0.2, 0.25) is 5.91 Å². The molecule has 0 radical (unpaired) electrons. The van der Waals surface area contributed by atoms with E-state index in [4.69, 9.17) is 9.47 Å². The number of carbonyl (C=O) groups is 1. The highest BCUT2D eigenvalue weighted by molar-refractivity contribution is 5.91. The van der Waals surface area contributed by atoms with Crippen molar-refractivity contribution in [1.29, 1.82) is 0 Å². The third kappa shape index (κ3) is 5.31. The maximum Gasteiger partial charge on any atom is 0.244 e.